The molecule has 0 spiro atoms. The quantitative estimate of drug-likeness (QED) is 0.378. The molecular weight excluding hydrogens is 301 g/mol. The van der Waals surface area contributed by atoms with Crippen LogP contribution in [0.15, 0.2) is 22.7 Å². The van der Waals surface area contributed by atoms with Gasteiger partial charge in [-0.2, -0.15) is 0 Å². The fraction of sp³-hybridized carbons (Fsp3) is 0.412. The van der Waals surface area contributed by atoms with Gasteiger partial charge in [-0.1, -0.05) is 0 Å². The Balaban J connectivity index is 2.50. The molecule has 0 amide bonds. The minimum atomic E-state index is -0.669. The highest BCUT2D eigenvalue weighted by Gasteiger charge is 2.23. The third kappa shape index (κ3) is 3.88. The second-order valence-electron chi connectivity index (χ2n) is 5.25. The van der Waals surface area contributed by atoms with Gasteiger partial charge in [-0.3, -0.25) is 4.99 Å². The summed E-state index contributed by atoms with van der Waals surface area (Å²) in [6.45, 7) is 3.46. The van der Waals surface area contributed by atoms with E-state index in [1.54, 1.807) is 13.8 Å². The molecule has 6 heteroatoms. The average Bonchev–Trinajstić information content (AvgIpc) is 3.32. The number of benzene rings is 1. The van der Waals surface area contributed by atoms with Crippen molar-refractivity contribution in [3.63, 3.8) is 0 Å². The molecule has 0 unspecified atom stereocenters. The predicted molar refractivity (Wildman–Crippen MR) is 85.4 cm³/mol. The Morgan fingerprint density at radius 3 is 2.74 bits per heavy atom. The van der Waals surface area contributed by atoms with E-state index < -0.39 is 11.8 Å². The molecule has 1 aromatic carbocycles. The first-order valence-electron chi connectivity index (χ1n) is 7.46. The summed E-state index contributed by atoms with van der Waals surface area (Å²) in [5, 5.41) is 10.5. The zero-order valence-corrected chi connectivity index (χ0v) is 13.4. The van der Waals surface area contributed by atoms with Crippen LogP contribution in [0.4, 0.5) is 4.39 Å². The number of esters is 1. The molecular formula is C17H20FNO4. The van der Waals surface area contributed by atoms with E-state index in [9.17, 15) is 14.3 Å². The van der Waals surface area contributed by atoms with Crippen LogP contribution in [-0.4, -0.2) is 37.0 Å². The molecule has 0 radical (unpaired) electrons. The maximum absolute atomic E-state index is 13.7. The Morgan fingerprint density at radius 2 is 2.17 bits per heavy atom. The standard InChI is InChI=1S/C17H20FNO4/c1-4-23-17(21)13(9-19-11-5-6-11)15(20)12-7-8-14(18)16(22-3)10(12)2/h7-9,11,20H,4-6H2,1-3H3. The van der Waals surface area contributed by atoms with Crippen molar-refractivity contribution < 1.29 is 23.8 Å². The molecule has 0 saturated heterocycles. The zero-order chi connectivity index (χ0) is 17.0. The van der Waals surface area contributed by atoms with Crippen molar-refractivity contribution in [1.82, 2.24) is 0 Å². The summed E-state index contributed by atoms with van der Waals surface area (Å²) in [6, 6.07) is 2.77. The minimum absolute atomic E-state index is 0.0244. The molecule has 0 bridgehead atoms. The Labute approximate surface area is 134 Å². The third-order valence-electron chi connectivity index (χ3n) is 3.53. The van der Waals surface area contributed by atoms with Gasteiger partial charge in [0.1, 0.15) is 11.3 Å². The second kappa shape index (κ2) is 7.26. The topological polar surface area (TPSA) is 68.1 Å². The van der Waals surface area contributed by atoms with Crippen molar-refractivity contribution in [3.8, 4) is 5.75 Å². The van der Waals surface area contributed by atoms with Gasteiger partial charge in [-0.25, -0.2) is 9.18 Å². The number of aliphatic imine (C=N–C) groups is 1. The summed E-state index contributed by atoms with van der Waals surface area (Å²) in [6.07, 6.45) is 3.27. The molecule has 2 rings (SSSR count). The van der Waals surface area contributed by atoms with Crippen molar-refractivity contribution in [2.75, 3.05) is 13.7 Å². The van der Waals surface area contributed by atoms with Gasteiger partial charge in [0.2, 0.25) is 0 Å². The van der Waals surface area contributed by atoms with E-state index in [4.69, 9.17) is 9.47 Å². The molecule has 1 N–H and O–H groups in total. The number of carbonyl (C=O) groups excluding carboxylic acids is 1. The number of methoxy groups -OCH3 is 1. The fourth-order valence-corrected chi connectivity index (χ4v) is 2.13. The van der Waals surface area contributed by atoms with Gasteiger partial charge in [0.15, 0.2) is 11.6 Å². The van der Waals surface area contributed by atoms with Gasteiger partial charge in [0.25, 0.3) is 0 Å². The van der Waals surface area contributed by atoms with Crippen LogP contribution >= 0.6 is 0 Å². The number of nitrogens with zero attached hydrogens (tertiary/aromatic N) is 1. The first-order chi connectivity index (χ1) is 11.0. The molecule has 1 aliphatic rings. The van der Waals surface area contributed by atoms with Crippen molar-refractivity contribution >= 4 is 17.9 Å². The fourth-order valence-electron chi connectivity index (χ4n) is 2.13. The highest BCUT2D eigenvalue weighted by atomic mass is 19.1. The van der Waals surface area contributed by atoms with Crippen LogP contribution in [0.25, 0.3) is 5.76 Å². The normalized spacial score (nSPS) is 15.5. The number of carbonyl (C=O) groups is 1. The predicted octanol–water partition coefficient (Wildman–Crippen LogP) is 3.21. The lowest BCUT2D eigenvalue weighted by atomic mass is 10.0. The number of ether oxygens (including phenoxy) is 2. The smallest absolute Gasteiger partial charge is 0.343 e. The molecule has 0 heterocycles. The zero-order valence-electron chi connectivity index (χ0n) is 13.4. The maximum atomic E-state index is 13.7. The Hall–Kier alpha value is -2.37. The maximum Gasteiger partial charge on any atom is 0.343 e. The molecule has 1 fully saturated rings. The largest absolute Gasteiger partial charge is 0.506 e. The van der Waals surface area contributed by atoms with E-state index in [-0.39, 0.29) is 29.7 Å². The van der Waals surface area contributed by atoms with Gasteiger partial charge >= 0.3 is 5.97 Å². The Bertz CT molecular complexity index is 663. The molecule has 0 aliphatic heterocycles. The lowest BCUT2D eigenvalue weighted by Gasteiger charge is -2.12. The van der Waals surface area contributed by atoms with Crippen LogP contribution in [-0.2, 0) is 9.53 Å². The van der Waals surface area contributed by atoms with E-state index in [1.165, 1.54) is 25.5 Å². The van der Waals surface area contributed by atoms with Crippen molar-refractivity contribution in [1.29, 1.82) is 0 Å². The first kappa shape index (κ1) is 17.0. The van der Waals surface area contributed by atoms with E-state index >= 15 is 0 Å². The summed E-state index contributed by atoms with van der Waals surface area (Å²) in [5.41, 5.74) is 0.649. The van der Waals surface area contributed by atoms with E-state index in [2.05, 4.69) is 4.99 Å². The molecule has 124 valence electrons. The second-order valence-corrected chi connectivity index (χ2v) is 5.25. The van der Waals surface area contributed by atoms with Crippen LogP contribution in [0.3, 0.4) is 0 Å². The van der Waals surface area contributed by atoms with Crippen LogP contribution in [0.2, 0.25) is 0 Å². The third-order valence-corrected chi connectivity index (χ3v) is 3.53. The monoisotopic (exact) mass is 321 g/mol. The summed E-state index contributed by atoms with van der Waals surface area (Å²) in [4.78, 5) is 16.3. The van der Waals surface area contributed by atoms with Crippen LogP contribution in [0, 0.1) is 12.7 Å². The van der Waals surface area contributed by atoms with Crippen molar-refractivity contribution in [2.24, 2.45) is 4.99 Å². The number of aliphatic hydroxyl groups excluding tert-OH is 1. The van der Waals surface area contributed by atoms with Gasteiger partial charge in [-0.15, -0.1) is 0 Å². The van der Waals surface area contributed by atoms with Crippen molar-refractivity contribution in [2.45, 2.75) is 32.7 Å². The van der Waals surface area contributed by atoms with E-state index in [0.717, 1.165) is 12.8 Å². The molecule has 1 aliphatic carbocycles. The molecule has 1 aromatic rings. The van der Waals surface area contributed by atoms with Crippen LogP contribution < -0.4 is 4.74 Å². The summed E-state index contributed by atoms with van der Waals surface area (Å²) in [7, 11) is 1.34. The van der Waals surface area contributed by atoms with Gasteiger partial charge in [0.05, 0.1) is 19.8 Å². The minimum Gasteiger partial charge on any atom is -0.506 e. The number of rotatable bonds is 6. The number of hydrogen-bond donors (Lipinski definition) is 1. The van der Waals surface area contributed by atoms with Gasteiger partial charge in [-0.05, 0) is 38.8 Å². The van der Waals surface area contributed by atoms with Crippen LogP contribution in [0.5, 0.6) is 5.75 Å². The average molecular weight is 321 g/mol. The highest BCUT2D eigenvalue weighted by Crippen LogP contribution is 2.30. The molecule has 0 atom stereocenters. The number of hydrogen-bond acceptors (Lipinski definition) is 5. The lowest BCUT2D eigenvalue weighted by molar-refractivity contribution is -0.137. The summed E-state index contributed by atoms with van der Waals surface area (Å²) >= 11 is 0. The van der Waals surface area contributed by atoms with Crippen molar-refractivity contribution in [3.05, 3.63) is 34.6 Å². The molecule has 23 heavy (non-hydrogen) atoms. The number of halogens is 1. The Morgan fingerprint density at radius 1 is 1.48 bits per heavy atom. The lowest BCUT2D eigenvalue weighted by Crippen LogP contribution is -2.12. The first-order valence-corrected chi connectivity index (χ1v) is 7.46. The molecule has 1 saturated carbocycles. The molecule has 5 nitrogen and oxygen atoms in total. The van der Waals surface area contributed by atoms with Gasteiger partial charge in [0, 0.05) is 17.3 Å². The summed E-state index contributed by atoms with van der Waals surface area (Å²) < 4.78 is 23.7. The number of aliphatic hydroxyl groups is 1. The van der Waals surface area contributed by atoms with Gasteiger partial charge < -0.3 is 14.6 Å². The van der Waals surface area contributed by atoms with Crippen LogP contribution in [0.1, 0.15) is 30.9 Å². The molecule has 0 aromatic heterocycles. The summed E-state index contributed by atoms with van der Waals surface area (Å²) in [5.74, 6) is -1.48. The highest BCUT2D eigenvalue weighted by molar-refractivity contribution is 6.15. The van der Waals surface area contributed by atoms with E-state index in [1.807, 2.05) is 0 Å². The van der Waals surface area contributed by atoms with E-state index in [0.29, 0.717) is 11.1 Å². The SMILES string of the molecule is CCOC(=O)C(C=NC1CC1)=C(O)c1ccc(F)c(OC)c1C. The Kier molecular flexibility index (Phi) is 5.36.